The van der Waals surface area contributed by atoms with E-state index in [1.165, 1.54) is 0 Å². The Bertz CT molecular complexity index is 1280. The Hall–Kier alpha value is -2.91. The van der Waals surface area contributed by atoms with Crippen LogP contribution >= 0.6 is 11.8 Å². The summed E-state index contributed by atoms with van der Waals surface area (Å²) in [6, 6.07) is 5.27. The fourth-order valence-corrected chi connectivity index (χ4v) is 5.71. The second kappa shape index (κ2) is 9.28. The lowest BCUT2D eigenvalue weighted by Crippen LogP contribution is -2.45. The molecule has 5 rings (SSSR count). The second-order valence-electron chi connectivity index (χ2n) is 9.60. The van der Waals surface area contributed by atoms with E-state index in [1.54, 1.807) is 24.5 Å². The first kappa shape index (κ1) is 23.8. The first-order valence-corrected chi connectivity index (χ1v) is 13.3. The van der Waals surface area contributed by atoms with E-state index in [0.717, 1.165) is 28.5 Å². The third-order valence-corrected chi connectivity index (χ3v) is 8.52. The maximum atomic E-state index is 12.2. The molecule has 6 atom stereocenters. The standard InChI is InChI=1S/C26H31N5O3S/c1-12-15(4)33-26(32)16-6-7-22(31-24(12)16)30-23-8-17-18(14(3)27)10-29-25(19(17)11-28-23)34-20-9-21(35-5)13(20)2/h6-8,10-15,20-21H,9,27H2,1-5H3,(H,28,30,31)/t12?,13?,14?,15-,20+,21-/m0/s1. The van der Waals surface area contributed by atoms with Gasteiger partial charge in [-0.15, -0.1) is 0 Å². The lowest BCUT2D eigenvalue weighted by molar-refractivity contribution is 0.0235. The van der Waals surface area contributed by atoms with Gasteiger partial charge in [0.2, 0.25) is 5.88 Å². The molecule has 3 aromatic heterocycles. The number of nitrogens with one attached hydrogen (secondary N) is 1. The van der Waals surface area contributed by atoms with E-state index >= 15 is 0 Å². The molecule has 1 aliphatic heterocycles. The Morgan fingerprint density at radius 2 is 1.97 bits per heavy atom. The molecule has 1 saturated carbocycles. The summed E-state index contributed by atoms with van der Waals surface area (Å²) in [5.41, 5.74) is 8.43. The van der Waals surface area contributed by atoms with Crippen molar-refractivity contribution in [1.82, 2.24) is 15.0 Å². The molecule has 1 aliphatic carbocycles. The molecule has 0 saturated heterocycles. The summed E-state index contributed by atoms with van der Waals surface area (Å²) in [5, 5.41) is 5.70. The molecule has 9 heteroatoms. The largest absolute Gasteiger partial charge is 0.474 e. The zero-order valence-corrected chi connectivity index (χ0v) is 21.4. The summed E-state index contributed by atoms with van der Waals surface area (Å²) in [5.74, 6) is 1.98. The topological polar surface area (TPSA) is 112 Å². The number of hydrogen-bond acceptors (Lipinski definition) is 9. The first-order valence-electron chi connectivity index (χ1n) is 12.0. The monoisotopic (exact) mass is 493 g/mol. The van der Waals surface area contributed by atoms with Gasteiger partial charge in [-0.2, -0.15) is 11.8 Å². The Balaban J connectivity index is 1.46. The number of thioether (sulfide) groups is 1. The van der Waals surface area contributed by atoms with Crippen molar-refractivity contribution in [2.24, 2.45) is 11.7 Å². The number of cyclic esters (lactones) is 1. The van der Waals surface area contributed by atoms with E-state index in [2.05, 4.69) is 28.5 Å². The zero-order chi connectivity index (χ0) is 24.9. The maximum absolute atomic E-state index is 12.2. The molecule has 1 fully saturated rings. The van der Waals surface area contributed by atoms with E-state index in [-0.39, 0.29) is 30.1 Å². The molecule has 8 nitrogen and oxygen atoms in total. The van der Waals surface area contributed by atoms with Crippen LogP contribution in [0, 0.1) is 5.92 Å². The predicted molar refractivity (Wildman–Crippen MR) is 138 cm³/mol. The number of hydrogen-bond donors (Lipinski definition) is 2. The highest BCUT2D eigenvalue weighted by atomic mass is 32.2. The van der Waals surface area contributed by atoms with Gasteiger partial charge in [-0.05, 0) is 55.7 Å². The minimum absolute atomic E-state index is 0.00379. The number of ether oxygens (including phenoxy) is 2. The number of esters is 1. The maximum Gasteiger partial charge on any atom is 0.340 e. The minimum Gasteiger partial charge on any atom is -0.474 e. The number of aromatic nitrogens is 3. The number of carbonyl (C=O) groups excluding carboxylic acids is 1. The van der Waals surface area contributed by atoms with Gasteiger partial charge in [0.15, 0.2) is 0 Å². The SMILES string of the molecule is CS[C@H]1C[C@@H](Oc2ncc(C(C)N)c3cc(Nc4ccc5c(n4)C(C)[C@H](C)OC5=O)ncc23)C1C. The Labute approximate surface area is 209 Å². The van der Waals surface area contributed by atoms with E-state index < -0.39 is 0 Å². The summed E-state index contributed by atoms with van der Waals surface area (Å²) >= 11 is 1.89. The van der Waals surface area contributed by atoms with Crippen LogP contribution in [0.1, 0.15) is 67.7 Å². The predicted octanol–water partition coefficient (Wildman–Crippen LogP) is 4.97. The van der Waals surface area contributed by atoms with E-state index in [1.807, 2.05) is 38.6 Å². The van der Waals surface area contributed by atoms with Gasteiger partial charge in [0, 0.05) is 35.5 Å². The van der Waals surface area contributed by atoms with E-state index in [4.69, 9.17) is 20.2 Å². The van der Waals surface area contributed by atoms with Gasteiger partial charge in [0.1, 0.15) is 23.8 Å². The molecule has 0 spiro atoms. The molecule has 0 aromatic carbocycles. The van der Waals surface area contributed by atoms with Crippen LogP contribution in [-0.4, -0.2) is 44.6 Å². The molecule has 0 radical (unpaired) electrons. The summed E-state index contributed by atoms with van der Waals surface area (Å²) in [6.07, 6.45) is 6.67. The Morgan fingerprint density at radius 3 is 2.69 bits per heavy atom. The summed E-state index contributed by atoms with van der Waals surface area (Å²) < 4.78 is 11.7. The molecular formula is C26H31N5O3S. The zero-order valence-electron chi connectivity index (χ0n) is 20.6. The Morgan fingerprint density at radius 1 is 1.17 bits per heavy atom. The molecule has 35 heavy (non-hydrogen) atoms. The number of rotatable bonds is 6. The molecule has 0 bridgehead atoms. The van der Waals surface area contributed by atoms with Crippen molar-refractivity contribution in [2.45, 2.75) is 63.5 Å². The first-order chi connectivity index (χ1) is 16.8. The number of pyridine rings is 3. The number of nitrogens with two attached hydrogens (primary N) is 1. The summed E-state index contributed by atoms with van der Waals surface area (Å²) in [6.45, 7) is 8.05. The normalized spacial score (nSPS) is 26.5. The molecule has 2 aliphatic rings. The van der Waals surface area contributed by atoms with Gasteiger partial charge in [-0.25, -0.2) is 19.7 Å². The number of carbonyl (C=O) groups is 1. The highest BCUT2D eigenvalue weighted by molar-refractivity contribution is 7.99. The molecule has 0 amide bonds. The minimum atomic E-state index is -0.334. The molecule has 3 aromatic rings. The van der Waals surface area contributed by atoms with Crippen LogP contribution in [0.25, 0.3) is 10.8 Å². The fraction of sp³-hybridized carbons (Fsp3) is 0.462. The van der Waals surface area contributed by atoms with Crippen molar-refractivity contribution in [2.75, 3.05) is 11.6 Å². The van der Waals surface area contributed by atoms with Gasteiger partial charge in [-0.1, -0.05) is 13.8 Å². The lowest BCUT2D eigenvalue weighted by Gasteiger charge is -2.41. The van der Waals surface area contributed by atoms with Crippen LogP contribution in [0.3, 0.4) is 0 Å². The molecule has 3 N–H and O–H groups in total. The van der Waals surface area contributed by atoms with E-state index in [0.29, 0.717) is 34.2 Å². The van der Waals surface area contributed by atoms with Crippen molar-refractivity contribution >= 4 is 40.1 Å². The van der Waals surface area contributed by atoms with Gasteiger partial charge >= 0.3 is 5.97 Å². The third-order valence-electron chi connectivity index (χ3n) is 7.29. The van der Waals surface area contributed by atoms with Crippen LogP contribution in [-0.2, 0) is 4.74 Å². The van der Waals surface area contributed by atoms with Crippen molar-refractivity contribution < 1.29 is 14.3 Å². The average Bonchev–Trinajstić information content (AvgIpc) is 2.84. The molecule has 184 valence electrons. The van der Waals surface area contributed by atoms with Crippen molar-refractivity contribution in [1.29, 1.82) is 0 Å². The van der Waals surface area contributed by atoms with Crippen molar-refractivity contribution in [3.63, 3.8) is 0 Å². The number of nitrogens with zero attached hydrogens (tertiary/aromatic N) is 3. The molecule has 4 heterocycles. The van der Waals surface area contributed by atoms with Gasteiger partial charge in [0.25, 0.3) is 0 Å². The van der Waals surface area contributed by atoms with Gasteiger partial charge < -0.3 is 20.5 Å². The van der Waals surface area contributed by atoms with Crippen molar-refractivity contribution in [3.8, 4) is 5.88 Å². The average molecular weight is 494 g/mol. The van der Waals surface area contributed by atoms with Crippen LogP contribution < -0.4 is 15.8 Å². The quantitative estimate of drug-likeness (QED) is 0.460. The van der Waals surface area contributed by atoms with Gasteiger partial charge in [0.05, 0.1) is 16.6 Å². The highest BCUT2D eigenvalue weighted by Gasteiger charge is 2.39. The van der Waals surface area contributed by atoms with Crippen LogP contribution in [0.15, 0.2) is 30.6 Å². The molecular weight excluding hydrogens is 462 g/mol. The van der Waals surface area contributed by atoms with Crippen LogP contribution in [0.4, 0.5) is 11.6 Å². The lowest BCUT2D eigenvalue weighted by atomic mass is 9.83. The second-order valence-corrected chi connectivity index (χ2v) is 10.7. The highest BCUT2D eigenvalue weighted by Crippen LogP contribution is 2.40. The van der Waals surface area contributed by atoms with Crippen LogP contribution in [0.2, 0.25) is 0 Å². The molecule has 3 unspecified atom stereocenters. The Kier molecular flexibility index (Phi) is 6.31. The number of anilines is 2. The van der Waals surface area contributed by atoms with Crippen molar-refractivity contribution in [3.05, 3.63) is 47.4 Å². The number of fused-ring (bicyclic) bond motifs is 2. The van der Waals surface area contributed by atoms with E-state index in [9.17, 15) is 4.79 Å². The fourth-order valence-electron chi connectivity index (χ4n) is 4.72. The smallest absolute Gasteiger partial charge is 0.340 e. The summed E-state index contributed by atoms with van der Waals surface area (Å²) in [4.78, 5) is 26.1. The van der Waals surface area contributed by atoms with Crippen LogP contribution in [0.5, 0.6) is 5.88 Å². The third kappa shape index (κ3) is 4.31. The summed E-state index contributed by atoms with van der Waals surface area (Å²) in [7, 11) is 0. The van der Waals surface area contributed by atoms with Gasteiger partial charge in [-0.3, -0.25) is 0 Å².